The van der Waals surface area contributed by atoms with E-state index in [4.69, 9.17) is 0 Å². The van der Waals surface area contributed by atoms with Gasteiger partial charge in [-0.25, -0.2) is 4.39 Å². The fraction of sp³-hybridized carbons (Fsp3) is 0.214. The molecule has 2 rings (SSSR count). The quantitative estimate of drug-likeness (QED) is 0.938. The first-order valence-corrected chi connectivity index (χ1v) is 6.65. The van der Waals surface area contributed by atoms with Gasteiger partial charge in [-0.2, -0.15) is 0 Å². The van der Waals surface area contributed by atoms with Crippen LogP contribution < -0.4 is 10.9 Å². The molecule has 0 radical (unpaired) electrons. The molecule has 1 heterocycles. The number of aryl methyl sites for hydroxylation is 1. The normalized spacial score (nSPS) is 12.2. The molecule has 0 amide bonds. The van der Waals surface area contributed by atoms with Crippen LogP contribution in [0.4, 0.5) is 10.1 Å². The van der Waals surface area contributed by atoms with Crippen LogP contribution >= 0.6 is 15.9 Å². The third-order valence-electron chi connectivity index (χ3n) is 2.89. The number of halogens is 2. The van der Waals surface area contributed by atoms with Crippen molar-refractivity contribution in [3.63, 3.8) is 0 Å². The van der Waals surface area contributed by atoms with Crippen molar-refractivity contribution in [2.75, 3.05) is 5.32 Å². The summed E-state index contributed by atoms with van der Waals surface area (Å²) in [4.78, 5) is 11.3. The highest BCUT2D eigenvalue weighted by molar-refractivity contribution is 9.10. The number of benzene rings is 1. The molecule has 0 saturated carbocycles. The largest absolute Gasteiger partial charge is 0.377 e. The SMILES string of the molecule is CC(Nc1ccc(=O)n(C)c1)c1cc(Br)ccc1F. The van der Waals surface area contributed by atoms with Crippen molar-refractivity contribution in [2.24, 2.45) is 7.05 Å². The molecule has 2 aromatic rings. The minimum absolute atomic E-state index is 0.0770. The van der Waals surface area contributed by atoms with Crippen LogP contribution in [0.15, 0.2) is 45.8 Å². The molecule has 3 nitrogen and oxygen atoms in total. The molecular formula is C14H14BrFN2O. The molecule has 0 aliphatic heterocycles. The molecule has 1 N–H and O–H groups in total. The maximum Gasteiger partial charge on any atom is 0.250 e. The van der Waals surface area contributed by atoms with E-state index in [1.54, 1.807) is 31.4 Å². The Bertz CT molecular complexity index is 654. The third kappa shape index (κ3) is 3.23. The summed E-state index contributed by atoms with van der Waals surface area (Å²) in [6.45, 7) is 1.87. The zero-order valence-electron chi connectivity index (χ0n) is 10.7. The van der Waals surface area contributed by atoms with Gasteiger partial charge < -0.3 is 9.88 Å². The minimum atomic E-state index is -0.256. The van der Waals surface area contributed by atoms with E-state index in [1.165, 1.54) is 16.7 Å². The Kier molecular flexibility index (Phi) is 4.04. The number of aromatic nitrogens is 1. The molecule has 1 unspecified atom stereocenters. The van der Waals surface area contributed by atoms with Crippen molar-refractivity contribution in [3.8, 4) is 0 Å². The van der Waals surface area contributed by atoms with E-state index in [-0.39, 0.29) is 17.4 Å². The number of nitrogens with one attached hydrogen (secondary N) is 1. The average Bonchev–Trinajstić information content (AvgIpc) is 2.36. The predicted molar refractivity (Wildman–Crippen MR) is 77.8 cm³/mol. The standard InChI is InChI=1S/C14H14BrFN2O/c1-9(12-7-10(15)3-5-13(12)16)17-11-4-6-14(19)18(2)8-11/h3-9,17H,1-2H3. The van der Waals surface area contributed by atoms with Crippen molar-refractivity contribution >= 4 is 21.6 Å². The van der Waals surface area contributed by atoms with Crippen molar-refractivity contribution in [3.05, 3.63) is 62.7 Å². The van der Waals surface area contributed by atoms with Gasteiger partial charge in [-0.05, 0) is 31.2 Å². The van der Waals surface area contributed by atoms with Gasteiger partial charge in [0.25, 0.3) is 0 Å². The lowest BCUT2D eigenvalue weighted by molar-refractivity contribution is 0.600. The van der Waals surface area contributed by atoms with Crippen molar-refractivity contribution in [1.82, 2.24) is 4.57 Å². The van der Waals surface area contributed by atoms with Crippen LogP contribution in [0.3, 0.4) is 0 Å². The molecule has 1 aromatic carbocycles. The molecule has 1 aromatic heterocycles. The molecule has 0 aliphatic rings. The Balaban J connectivity index is 2.25. The van der Waals surface area contributed by atoms with Crippen molar-refractivity contribution in [1.29, 1.82) is 0 Å². The molecule has 0 saturated heterocycles. The lowest BCUT2D eigenvalue weighted by Gasteiger charge is -2.17. The Hall–Kier alpha value is -1.62. The number of anilines is 1. The molecular weight excluding hydrogens is 311 g/mol. The van der Waals surface area contributed by atoms with Crippen LogP contribution in [0.25, 0.3) is 0 Å². The lowest BCUT2D eigenvalue weighted by atomic mass is 10.1. The number of hydrogen-bond acceptors (Lipinski definition) is 2. The second kappa shape index (κ2) is 5.57. The van der Waals surface area contributed by atoms with Crippen LogP contribution in [-0.4, -0.2) is 4.57 Å². The van der Waals surface area contributed by atoms with Gasteiger partial charge >= 0.3 is 0 Å². The van der Waals surface area contributed by atoms with E-state index >= 15 is 0 Å². The number of rotatable bonds is 3. The van der Waals surface area contributed by atoms with Gasteiger partial charge in [0.05, 0.1) is 11.7 Å². The second-order valence-corrected chi connectivity index (χ2v) is 5.31. The first kappa shape index (κ1) is 13.8. The smallest absolute Gasteiger partial charge is 0.250 e. The summed E-state index contributed by atoms with van der Waals surface area (Å²) in [5.74, 6) is -0.256. The molecule has 0 fully saturated rings. The highest BCUT2D eigenvalue weighted by Crippen LogP contribution is 2.24. The van der Waals surface area contributed by atoms with E-state index in [9.17, 15) is 9.18 Å². The summed E-state index contributed by atoms with van der Waals surface area (Å²) < 4.78 is 16.1. The molecule has 0 bridgehead atoms. The van der Waals surface area contributed by atoms with Gasteiger partial charge in [0, 0.05) is 29.3 Å². The Morgan fingerprint density at radius 3 is 2.74 bits per heavy atom. The topological polar surface area (TPSA) is 34.0 Å². The predicted octanol–water partition coefficient (Wildman–Crippen LogP) is 3.46. The van der Waals surface area contributed by atoms with Crippen LogP contribution in [0.2, 0.25) is 0 Å². The zero-order chi connectivity index (χ0) is 14.0. The highest BCUT2D eigenvalue weighted by Gasteiger charge is 2.11. The van der Waals surface area contributed by atoms with Gasteiger partial charge in [-0.15, -0.1) is 0 Å². The molecule has 5 heteroatoms. The summed E-state index contributed by atoms with van der Waals surface area (Å²) >= 11 is 3.33. The first-order valence-electron chi connectivity index (χ1n) is 5.85. The Morgan fingerprint density at radius 1 is 1.32 bits per heavy atom. The van der Waals surface area contributed by atoms with E-state index in [0.29, 0.717) is 5.56 Å². The van der Waals surface area contributed by atoms with Crippen LogP contribution in [0, 0.1) is 5.82 Å². The summed E-state index contributed by atoms with van der Waals surface area (Å²) in [5, 5.41) is 3.17. The Labute approximate surface area is 119 Å². The lowest BCUT2D eigenvalue weighted by Crippen LogP contribution is -2.16. The summed E-state index contributed by atoms with van der Waals surface area (Å²) in [7, 11) is 1.68. The fourth-order valence-corrected chi connectivity index (χ4v) is 2.23. The van der Waals surface area contributed by atoms with Crippen molar-refractivity contribution < 1.29 is 4.39 Å². The second-order valence-electron chi connectivity index (χ2n) is 4.40. The van der Waals surface area contributed by atoms with Gasteiger partial charge in [-0.1, -0.05) is 15.9 Å². The van der Waals surface area contributed by atoms with Gasteiger partial charge in [-0.3, -0.25) is 4.79 Å². The van der Waals surface area contributed by atoms with Crippen LogP contribution in [0.5, 0.6) is 0 Å². The van der Waals surface area contributed by atoms with Gasteiger partial charge in [0.15, 0.2) is 0 Å². The number of nitrogens with zero attached hydrogens (tertiary/aromatic N) is 1. The van der Waals surface area contributed by atoms with E-state index in [2.05, 4.69) is 21.2 Å². The highest BCUT2D eigenvalue weighted by atomic mass is 79.9. The molecule has 0 aliphatic carbocycles. The van der Waals surface area contributed by atoms with Gasteiger partial charge in [0.1, 0.15) is 5.82 Å². The van der Waals surface area contributed by atoms with E-state index in [0.717, 1.165) is 10.2 Å². The third-order valence-corrected chi connectivity index (χ3v) is 3.39. The molecule has 19 heavy (non-hydrogen) atoms. The van der Waals surface area contributed by atoms with Crippen LogP contribution in [0.1, 0.15) is 18.5 Å². The summed E-state index contributed by atoms with van der Waals surface area (Å²) in [6, 6.07) is 7.81. The first-order chi connectivity index (χ1) is 8.97. The summed E-state index contributed by atoms with van der Waals surface area (Å²) in [5.41, 5.74) is 1.27. The molecule has 100 valence electrons. The molecule has 0 spiro atoms. The maximum absolute atomic E-state index is 13.8. The molecule has 1 atom stereocenters. The van der Waals surface area contributed by atoms with Gasteiger partial charge in [0.2, 0.25) is 5.56 Å². The number of hydrogen-bond donors (Lipinski definition) is 1. The number of pyridine rings is 1. The average molecular weight is 325 g/mol. The van der Waals surface area contributed by atoms with E-state index in [1.807, 2.05) is 6.92 Å². The van der Waals surface area contributed by atoms with Crippen molar-refractivity contribution in [2.45, 2.75) is 13.0 Å². The fourth-order valence-electron chi connectivity index (χ4n) is 1.85. The zero-order valence-corrected chi connectivity index (χ0v) is 12.2. The van der Waals surface area contributed by atoms with E-state index < -0.39 is 0 Å². The summed E-state index contributed by atoms with van der Waals surface area (Å²) in [6.07, 6.45) is 1.69. The minimum Gasteiger partial charge on any atom is -0.377 e. The maximum atomic E-state index is 13.8. The monoisotopic (exact) mass is 324 g/mol. The Morgan fingerprint density at radius 2 is 2.05 bits per heavy atom. The van der Waals surface area contributed by atoms with Crippen LogP contribution in [-0.2, 0) is 7.05 Å².